The molecule has 3 aromatic rings. The normalized spacial score (nSPS) is 14.1. The van der Waals surface area contributed by atoms with E-state index in [2.05, 4.69) is 4.98 Å². The van der Waals surface area contributed by atoms with Crippen LogP contribution in [0.1, 0.15) is 12.8 Å². The number of aromatic nitrogens is 3. The van der Waals surface area contributed by atoms with Crippen LogP contribution in [0.4, 0.5) is 10.2 Å². The summed E-state index contributed by atoms with van der Waals surface area (Å²) in [7, 11) is 1.51. The van der Waals surface area contributed by atoms with E-state index in [0.717, 1.165) is 23.5 Å². The first-order chi connectivity index (χ1) is 13.0. The van der Waals surface area contributed by atoms with Gasteiger partial charge in [0.25, 0.3) is 5.56 Å². The van der Waals surface area contributed by atoms with Crippen molar-refractivity contribution in [1.82, 2.24) is 14.3 Å². The molecule has 8 nitrogen and oxygen atoms in total. The largest absolute Gasteiger partial charge is 0.497 e. The fourth-order valence-corrected chi connectivity index (χ4v) is 3.30. The highest BCUT2D eigenvalue weighted by molar-refractivity contribution is 5.78. The molecule has 1 aliphatic rings. The Bertz CT molecular complexity index is 1130. The predicted octanol–water partition coefficient (Wildman–Crippen LogP) is 1.53. The summed E-state index contributed by atoms with van der Waals surface area (Å²) in [6, 6.07) is 7.45. The highest BCUT2D eigenvalue weighted by atomic mass is 19.1. The number of fused-ring (bicyclic) bond motifs is 1. The second kappa shape index (κ2) is 6.42. The molecule has 0 aliphatic carbocycles. The maximum atomic E-state index is 14.6. The third-order valence-electron chi connectivity index (χ3n) is 4.68. The van der Waals surface area contributed by atoms with Crippen LogP contribution < -0.4 is 20.9 Å². The van der Waals surface area contributed by atoms with E-state index in [4.69, 9.17) is 4.74 Å². The number of benzene rings is 1. The Labute approximate surface area is 152 Å². The van der Waals surface area contributed by atoms with Crippen molar-refractivity contribution in [2.75, 3.05) is 25.1 Å². The maximum absolute atomic E-state index is 14.6. The summed E-state index contributed by atoms with van der Waals surface area (Å²) in [5, 5.41) is 9.72. The molecule has 0 unspecified atom stereocenters. The lowest BCUT2D eigenvalue weighted by Gasteiger charge is -2.19. The number of pyridine rings is 1. The second-order valence-corrected chi connectivity index (χ2v) is 6.29. The van der Waals surface area contributed by atoms with Crippen LogP contribution in [0.15, 0.2) is 39.9 Å². The third kappa shape index (κ3) is 2.71. The van der Waals surface area contributed by atoms with Gasteiger partial charge >= 0.3 is 5.69 Å². The van der Waals surface area contributed by atoms with Crippen LogP contribution in [0.25, 0.3) is 16.7 Å². The van der Waals surface area contributed by atoms with Crippen LogP contribution >= 0.6 is 0 Å². The summed E-state index contributed by atoms with van der Waals surface area (Å²) in [4.78, 5) is 30.9. The SMILES string of the molecule is COc1ccc(-n2c(=O)n(O)c(=O)c3cc(F)c(N4CCCC4)nc32)cc1. The first kappa shape index (κ1) is 17.1. The fraction of sp³-hybridized carbons (Fsp3) is 0.278. The number of hydrogen-bond donors (Lipinski definition) is 1. The summed E-state index contributed by atoms with van der Waals surface area (Å²) in [6.45, 7) is 1.30. The maximum Gasteiger partial charge on any atom is 0.370 e. The molecule has 0 amide bonds. The minimum Gasteiger partial charge on any atom is -0.497 e. The molecule has 3 heterocycles. The molecule has 9 heteroatoms. The Morgan fingerprint density at radius 2 is 1.81 bits per heavy atom. The first-order valence-electron chi connectivity index (χ1n) is 8.48. The average Bonchev–Trinajstić information content (AvgIpc) is 3.21. The Balaban J connectivity index is 2.04. The van der Waals surface area contributed by atoms with E-state index < -0.39 is 17.1 Å². The van der Waals surface area contributed by atoms with Crippen molar-refractivity contribution in [2.24, 2.45) is 0 Å². The molecule has 0 saturated carbocycles. The highest BCUT2D eigenvalue weighted by Crippen LogP contribution is 2.25. The standard InChI is InChI=1S/C18H17FN4O4/c1-27-12-6-4-11(5-7-12)22-15-13(17(24)23(26)18(22)25)10-14(19)16(20-15)21-8-2-3-9-21/h4-7,10,26H,2-3,8-9H2,1H3. The van der Waals surface area contributed by atoms with Crippen molar-refractivity contribution < 1.29 is 14.3 Å². The van der Waals surface area contributed by atoms with E-state index in [-0.39, 0.29) is 21.6 Å². The van der Waals surface area contributed by atoms with Gasteiger partial charge in [-0.2, -0.15) is 0 Å². The highest BCUT2D eigenvalue weighted by Gasteiger charge is 2.22. The van der Waals surface area contributed by atoms with Gasteiger partial charge in [-0.3, -0.25) is 4.79 Å². The van der Waals surface area contributed by atoms with Crippen molar-refractivity contribution in [3.8, 4) is 11.4 Å². The molecule has 1 aliphatic heterocycles. The quantitative estimate of drug-likeness (QED) is 0.702. The molecule has 1 saturated heterocycles. The third-order valence-corrected chi connectivity index (χ3v) is 4.68. The van der Waals surface area contributed by atoms with E-state index >= 15 is 0 Å². The van der Waals surface area contributed by atoms with Crippen molar-refractivity contribution in [2.45, 2.75) is 12.8 Å². The lowest BCUT2D eigenvalue weighted by Crippen LogP contribution is -2.38. The Morgan fingerprint density at radius 1 is 1.15 bits per heavy atom. The van der Waals surface area contributed by atoms with Crippen molar-refractivity contribution in [1.29, 1.82) is 0 Å². The number of methoxy groups -OCH3 is 1. The first-order valence-corrected chi connectivity index (χ1v) is 8.48. The number of hydrogen-bond acceptors (Lipinski definition) is 6. The molecule has 1 aromatic carbocycles. The fourth-order valence-electron chi connectivity index (χ4n) is 3.30. The monoisotopic (exact) mass is 372 g/mol. The molecule has 0 radical (unpaired) electrons. The van der Waals surface area contributed by atoms with E-state index in [1.54, 1.807) is 29.2 Å². The van der Waals surface area contributed by atoms with Crippen LogP contribution in [0, 0.1) is 5.82 Å². The zero-order valence-corrected chi connectivity index (χ0v) is 14.6. The zero-order valence-electron chi connectivity index (χ0n) is 14.6. The molecular formula is C18H17FN4O4. The van der Waals surface area contributed by atoms with Crippen LogP contribution in [-0.2, 0) is 0 Å². The average molecular weight is 372 g/mol. The molecule has 1 fully saturated rings. The molecular weight excluding hydrogens is 355 g/mol. The Hall–Kier alpha value is -3.36. The van der Waals surface area contributed by atoms with Crippen LogP contribution in [0.2, 0.25) is 0 Å². The number of anilines is 1. The van der Waals surface area contributed by atoms with E-state index in [1.165, 1.54) is 7.11 Å². The molecule has 1 N–H and O–H groups in total. The molecule has 4 rings (SSSR count). The summed E-state index contributed by atoms with van der Waals surface area (Å²) in [5.41, 5.74) is -1.65. The summed E-state index contributed by atoms with van der Waals surface area (Å²) < 4.78 is 20.7. The van der Waals surface area contributed by atoms with Gasteiger partial charge in [-0.1, -0.05) is 4.73 Å². The lowest BCUT2D eigenvalue weighted by molar-refractivity contribution is 0.160. The summed E-state index contributed by atoms with van der Waals surface area (Å²) in [6.07, 6.45) is 1.84. The van der Waals surface area contributed by atoms with Gasteiger partial charge in [0.2, 0.25) is 0 Å². The van der Waals surface area contributed by atoms with Crippen molar-refractivity contribution in [3.05, 3.63) is 57.0 Å². The van der Waals surface area contributed by atoms with Gasteiger partial charge in [0.05, 0.1) is 18.2 Å². The lowest BCUT2D eigenvalue weighted by atomic mass is 10.2. The number of halogens is 1. The van der Waals surface area contributed by atoms with Crippen LogP contribution in [-0.4, -0.2) is 39.7 Å². The summed E-state index contributed by atoms with van der Waals surface area (Å²) >= 11 is 0. The second-order valence-electron chi connectivity index (χ2n) is 6.29. The van der Waals surface area contributed by atoms with E-state index in [9.17, 15) is 19.2 Å². The number of rotatable bonds is 3. The molecule has 140 valence electrons. The topological polar surface area (TPSA) is 89.6 Å². The molecule has 0 spiro atoms. The number of nitrogens with zero attached hydrogens (tertiary/aromatic N) is 4. The molecule has 0 bridgehead atoms. The van der Waals surface area contributed by atoms with E-state index in [1.807, 2.05) is 0 Å². The predicted molar refractivity (Wildman–Crippen MR) is 96.7 cm³/mol. The van der Waals surface area contributed by atoms with Gasteiger partial charge in [0, 0.05) is 13.1 Å². The Morgan fingerprint density at radius 3 is 2.44 bits per heavy atom. The van der Waals surface area contributed by atoms with Crippen molar-refractivity contribution >= 4 is 16.9 Å². The zero-order chi connectivity index (χ0) is 19.1. The Kier molecular flexibility index (Phi) is 4.06. The van der Waals surface area contributed by atoms with Crippen LogP contribution in [0.5, 0.6) is 5.75 Å². The molecule has 2 aromatic heterocycles. The van der Waals surface area contributed by atoms with Gasteiger partial charge in [-0.05, 0) is 43.2 Å². The molecule has 0 atom stereocenters. The van der Waals surface area contributed by atoms with Gasteiger partial charge in [0.1, 0.15) is 5.75 Å². The van der Waals surface area contributed by atoms with Gasteiger partial charge in [-0.15, -0.1) is 0 Å². The van der Waals surface area contributed by atoms with Crippen molar-refractivity contribution in [3.63, 3.8) is 0 Å². The molecule has 27 heavy (non-hydrogen) atoms. The van der Waals surface area contributed by atoms with Gasteiger partial charge in [0.15, 0.2) is 17.3 Å². The van der Waals surface area contributed by atoms with Crippen LogP contribution in [0.3, 0.4) is 0 Å². The van der Waals surface area contributed by atoms with Gasteiger partial charge in [-0.25, -0.2) is 18.7 Å². The van der Waals surface area contributed by atoms with Gasteiger partial charge < -0.3 is 14.8 Å². The minimum absolute atomic E-state index is 0.0104. The van der Waals surface area contributed by atoms with E-state index in [0.29, 0.717) is 24.5 Å². The summed E-state index contributed by atoms with van der Waals surface area (Å²) in [5.74, 6) is 0.00312. The minimum atomic E-state index is -1.01. The smallest absolute Gasteiger partial charge is 0.370 e. The number of ether oxygens (including phenoxy) is 1.